The molecule has 0 fully saturated rings. The second kappa shape index (κ2) is 5.54. The quantitative estimate of drug-likeness (QED) is 0.660. The van der Waals surface area contributed by atoms with Crippen molar-refractivity contribution in [3.63, 3.8) is 0 Å². The number of carbonyl (C=O) groups is 1. The summed E-state index contributed by atoms with van der Waals surface area (Å²) < 4.78 is 9.74. The van der Waals surface area contributed by atoms with Gasteiger partial charge in [0, 0.05) is 0 Å². The minimum absolute atomic E-state index is 0.0509. The molecule has 6 heteroatoms. The Bertz CT molecular complexity index is 460. The maximum atomic E-state index is 11.4. The molecule has 0 saturated heterocycles. The van der Waals surface area contributed by atoms with E-state index < -0.39 is 5.97 Å². The molecule has 0 bridgehead atoms. The maximum Gasteiger partial charge on any atom is 0.358 e. The lowest BCUT2D eigenvalue weighted by molar-refractivity contribution is 0.0594. The van der Waals surface area contributed by atoms with Crippen LogP contribution < -0.4 is 5.73 Å². The van der Waals surface area contributed by atoms with Crippen LogP contribution in [-0.4, -0.2) is 24.7 Å². The smallest absolute Gasteiger partial charge is 0.358 e. The molecule has 1 heterocycles. The second-order valence-electron chi connectivity index (χ2n) is 3.11. The largest absolute Gasteiger partial charge is 0.492 e. The highest BCUT2D eigenvalue weighted by Crippen LogP contribution is 2.26. The average molecular weight is 257 g/mol. The summed E-state index contributed by atoms with van der Waals surface area (Å²) in [6, 6.07) is 1.49. The molecule has 5 nitrogen and oxygen atoms in total. The molecular weight excluding hydrogens is 244 g/mol. The predicted molar refractivity (Wildman–Crippen MR) is 65.7 cm³/mol. The van der Waals surface area contributed by atoms with E-state index in [1.807, 2.05) is 6.92 Å². The topological polar surface area (TPSA) is 74.4 Å². The number of nitrogen functional groups attached to an aromatic ring is 1. The fourth-order valence-electron chi connectivity index (χ4n) is 1.17. The summed E-state index contributed by atoms with van der Waals surface area (Å²) in [6.07, 6.45) is 0. The number of ether oxygens (including phenoxy) is 2. The molecule has 92 valence electrons. The number of methoxy groups -OCH3 is 1. The van der Waals surface area contributed by atoms with Gasteiger partial charge in [-0.1, -0.05) is 18.2 Å². The summed E-state index contributed by atoms with van der Waals surface area (Å²) >= 11 is 5.86. The van der Waals surface area contributed by atoms with Crippen molar-refractivity contribution < 1.29 is 14.3 Å². The Balaban J connectivity index is 3.23. The average Bonchev–Trinajstić information content (AvgIpc) is 2.31. The lowest BCUT2D eigenvalue weighted by Gasteiger charge is -2.10. The number of aromatic nitrogens is 1. The van der Waals surface area contributed by atoms with Crippen LogP contribution in [0.1, 0.15) is 23.1 Å². The number of nitrogens with two attached hydrogens (primary N) is 1. The molecule has 2 N–H and O–H groups in total. The van der Waals surface area contributed by atoms with Gasteiger partial charge in [0.05, 0.1) is 24.4 Å². The number of rotatable bonds is 4. The third-order valence-corrected chi connectivity index (χ3v) is 2.37. The minimum atomic E-state index is -0.659. The molecule has 0 atom stereocenters. The van der Waals surface area contributed by atoms with Gasteiger partial charge in [0.25, 0.3) is 0 Å². The molecule has 0 aliphatic carbocycles. The molecule has 0 aliphatic rings. The number of carbonyl (C=O) groups excluding carboxylic acids is 1. The van der Waals surface area contributed by atoms with Crippen molar-refractivity contribution in [2.24, 2.45) is 0 Å². The highest BCUT2D eigenvalue weighted by molar-refractivity contribution is 6.35. The van der Waals surface area contributed by atoms with E-state index in [9.17, 15) is 4.79 Å². The van der Waals surface area contributed by atoms with Crippen LogP contribution in [0.15, 0.2) is 12.6 Å². The summed E-state index contributed by atoms with van der Waals surface area (Å²) in [5.74, 6) is -0.339. The van der Waals surface area contributed by atoms with Gasteiger partial charge in [-0.05, 0) is 13.0 Å². The lowest BCUT2D eigenvalue weighted by Crippen LogP contribution is -2.09. The number of pyridine rings is 1. The Kier molecular flexibility index (Phi) is 4.34. The first-order chi connectivity index (χ1) is 8.01. The highest BCUT2D eigenvalue weighted by Gasteiger charge is 2.18. The molecule has 1 aromatic heterocycles. The van der Waals surface area contributed by atoms with E-state index in [-0.39, 0.29) is 16.4 Å². The Morgan fingerprint density at radius 2 is 2.29 bits per heavy atom. The van der Waals surface area contributed by atoms with Crippen LogP contribution >= 0.6 is 11.6 Å². The van der Waals surface area contributed by atoms with Crippen LogP contribution in [0.5, 0.6) is 0 Å². The van der Waals surface area contributed by atoms with Crippen molar-refractivity contribution in [2.45, 2.75) is 6.92 Å². The number of esters is 1. The Morgan fingerprint density at radius 1 is 1.65 bits per heavy atom. The molecule has 17 heavy (non-hydrogen) atoms. The summed E-state index contributed by atoms with van der Waals surface area (Å²) in [5, 5.41) is 0.0601. The number of anilines is 1. The zero-order chi connectivity index (χ0) is 13.0. The van der Waals surface area contributed by atoms with E-state index in [0.717, 1.165) is 0 Å². The van der Waals surface area contributed by atoms with Crippen LogP contribution in [0.3, 0.4) is 0 Å². The van der Waals surface area contributed by atoms with Crippen molar-refractivity contribution in [3.05, 3.63) is 29.1 Å². The minimum Gasteiger partial charge on any atom is -0.492 e. The summed E-state index contributed by atoms with van der Waals surface area (Å²) in [4.78, 5) is 15.4. The van der Waals surface area contributed by atoms with Gasteiger partial charge in [0.1, 0.15) is 11.5 Å². The van der Waals surface area contributed by atoms with Gasteiger partial charge < -0.3 is 15.2 Å². The lowest BCUT2D eigenvalue weighted by atomic mass is 10.2. The van der Waals surface area contributed by atoms with Crippen LogP contribution in [0, 0.1) is 0 Å². The van der Waals surface area contributed by atoms with Gasteiger partial charge in [-0.25, -0.2) is 9.78 Å². The van der Waals surface area contributed by atoms with Gasteiger partial charge in [0.2, 0.25) is 0 Å². The molecule has 0 radical (unpaired) electrons. The van der Waals surface area contributed by atoms with Gasteiger partial charge in [0.15, 0.2) is 5.69 Å². The standard InChI is InChI=1S/C11H13ClN2O3/c1-4-17-6(2)8-5-7(13)9(12)10(14-8)11(15)16-3/h5H,2,4H2,1,3H3,(H2,13,14). The molecule has 0 unspecified atom stereocenters. The summed E-state index contributed by atoms with van der Waals surface area (Å²) in [7, 11) is 1.24. The van der Waals surface area contributed by atoms with Crippen molar-refractivity contribution in [1.82, 2.24) is 4.98 Å². The Labute approximate surface area is 104 Å². The van der Waals surface area contributed by atoms with E-state index in [1.165, 1.54) is 13.2 Å². The van der Waals surface area contributed by atoms with Crippen LogP contribution in [0.25, 0.3) is 5.76 Å². The van der Waals surface area contributed by atoms with Crippen LogP contribution in [-0.2, 0) is 9.47 Å². The van der Waals surface area contributed by atoms with E-state index in [2.05, 4.69) is 16.3 Å². The van der Waals surface area contributed by atoms with Gasteiger partial charge in [-0.3, -0.25) is 0 Å². The van der Waals surface area contributed by atoms with E-state index in [4.69, 9.17) is 22.1 Å². The van der Waals surface area contributed by atoms with Crippen molar-refractivity contribution in [3.8, 4) is 0 Å². The van der Waals surface area contributed by atoms with E-state index >= 15 is 0 Å². The van der Waals surface area contributed by atoms with Crippen LogP contribution in [0.2, 0.25) is 5.02 Å². The molecule has 0 saturated carbocycles. The Hall–Kier alpha value is -1.75. The third-order valence-electron chi connectivity index (χ3n) is 1.97. The number of halogens is 1. The number of nitrogens with zero attached hydrogens (tertiary/aromatic N) is 1. The summed E-state index contributed by atoms with van der Waals surface area (Å²) in [5.41, 5.74) is 6.20. The SMILES string of the molecule is C=C(OCC)c1cc(N)c(Cl)c(C(=O)OC)n1. The Morgan fingerprint density at radius 3 is 2.82 bits per heavy atom. The van der Waals surface area contributed by atoms with E-state index in [1.54, 1.807) is 0 Å². The summed E-state index contributed by atoms with van der Waals surface area (Å²) in [6.45, 7) is 5.93. The third kappa shape index (κ3) is 2.88. The molecular formula is C11H13ClN2O3. The van der Waals surface area contributed by atoms with Crippen molar-refractivity contribution in [2.75, 3.05) is 19.5 Å². The molecule has 0 spiro atoms. The van der Waals surface area contributed by atoms with Crippen molar-refractivity contribution >= 4 is 29.0 Å². The first kappa shape index (κ1) is 13.3. The normalized spacial score (nSPS) is 9.82. The van der Waals surface area contributed by atoms with Gasteiger partial charge >= 0.3 is 5.97 Å². The van der Waals surface area contributed by atoms with Gasteiger partial charge in [-0.2, -0.15) is 0 Å². The zero-order valence-electron chi connectivity index (χ0n) is 9.62. The predicted octanol–water partition coefficient (Wildman–Crippen LogP) is 2.11. The first-order valence-electron chi connectivity index (χ1n) is 4.87. The second-order valence-corrected chi connectivity index (χ2v) is 3.49. The molecule has 1 aromatic rings. The molecule has 0 aliphatic heterocycles. The first-order valence-corrected chi connectivity index (χ1v) is 5.25. The number of hydrogen-bond donors (Lipinski definition) is 1. The van der Waals surface area contributed by atoms with Crippen molar-refractivity contribution in [1.29, 1.82) is 0 Å². The maximum absolute atomic E-state index is 11.4. The van der Waals surface area contributed by atoms with Crippen LogP contribution in [0.4, 0.5) is 5.69 Å². The fraction of sp³-hybridized carbons (Fsp3) is 0.273. The van der Waals surface area contributed by atoms with E-state index in [0.29, 0.717) is 18.1 Å². The molecule has 0 amide bonds. The van der Waals surface area contributed by atoms with Gasteiger partial charge in [-0.15, -0.1) is 0 Å². The number of hydrogen-bond acceptors (Lipinski definition) is 5. The fourth-order valence-corrected chi connectivity index (χ4v) is 1.35. The molecule has 0 aromatic carbocycles. The molecule has 1 rings (SSSR count). The monoisotopic (exact) mass is 256 g/mol. The zero-order valence-corrected chi connectivity index (χ0v) is 10.4. The highest BCUT2D eigenvalue weighted by atomic mass is 35.5.